The lowest BCUT2D eigenvalue weighted by Gasteiger charge is -2.22. The molecule has 5 nitrogen and oxygen atoms in total. The maximum Gasteiger partial charge on any atom is 0.200 e. The van der Waals surface area contributed by atoms with Crippen LogP contribution in [0.15, 0.2) is 12.1 Å². The molecule has 3 atom stereocenters. The van der Waals surface area contributed by atoms with Crippen molar-refractivity contribution in [3.8, 4) is 6.07 Å². The summed E-state index contributed by atoms with van der Waals surface area (Å²) in [5, 5.41) is 16.7. The maximum absolute atomic E-state index is 12.1. The van der Waals surface area contributed by atoms with E-state index in [0.29, 0.717) is 18.7 Å². The molecule has 0 amide bonds. The van der Waals surface area contributed by atoms with E-state index < -0.39 is 16.9 Å². The maximum atomic E-state index is 12.1. The number of rotatable bonds is 3. The molecule has 0 aromatic carbocycles. The Kier molecular flexibility index (Phi) is 3.20. The van der Waals surface area contributed by atoms with Gasteiger partial charge in [-0.1, -0.05) is 11.6 Å². The van der Waals surface area contributed by atoms with Gasteiger partial charge in [0.25, 0.3) is 0 Å². The van der Waals surface area contributed by atoms with E-state index in [-0.39, 0.29) is 5.92 Å². The van der Waals surface area contributed by atoms with E-state index in [1.54, 1.807) is 16.7 Å². The first-order valence-electron chi connectivity index (χ1n) is 5.66. The van der Waals surface area contributed by atoms with Gasteiger partial charge in [-0.3, -0.25) is 4.79 Å². The molecule has 0 saturated heterocycles. The van der Waals surface area contributed by atoms with Gasteiger partial charge >= 0.3 is 0 Å². The number of nitrogens with two attached hydrogens (primary N) is 1. The second-order valence-electron chi connectivity index (χ2n) is 4.63. The molecule has 1 aliphatic rings. The van der Waals surface area contributed by atoms with Gasteiger partial charge in [-0.25, -0.2) is 0 Å². The molecule has 1 aromatic heterocycles. The minimum Gasteiger partial charge on any atom is -0.373 e. The Morgan fingerprint density at radius 2 is 2.44 bits per heavy atom. The lowest BCUT2D eigenvalue weighted by Crippen LogP contribution is -2.47. The molecule has 2 rings (SSSR count). The van der Waals surface area contributed by atoms with Crippen molar-refractivity contribution in [1.29, 1.82) is 5.26 Å². The van der Waals surface area contributed by atoms with Crippen molar-refractivity contribution in [1.82, 2.24) is 4.57 Å². The summed E-state index contributed by atoms with van der Waals surface area (Å²) in [6.45, 7) is 1.89. The molecule has 1 aromatic rings. The summed E-state index contributed by atoms with van der Waals surface area (Å²) in [5.74, 6) is -0.598. The SMILES string of the molecule is C[C@](O)(Cl)[C@H](N)C(=O)c1ccc2n1CCC2C#N. The number of aromatic nitrogens is 1. The fraction of sp³-hybridized carbons (Fsp3) is 0.500. The van der Waals surface area contributed by atoms with Crippen molar-refractivity contribution in [2.45, 2.75) is 36.9 Å². The molecule has 0 radical (unpaired) electrons. The zero-order valence-electron chi connectivity index (χ0n) is 9.93. The average Bonchev–Trinajstić information content (AvgIpc) is 2.85. The first-order valence-corrected chi connectivity index (χ1v) is 6.04. The first-order chi connectivity index (χ1) is 8.36. The highest BCUT2D eigenvalue weighted by molar-refractivity contribution is 6.25. The minimum atomic E-state index is -1.78. The third-order valence-corrected chi connectivity index (χ3v) is 3.51. The van der Waals surface area contributed by atoms with Crippen LogP contribution in [0.25, 0.3) is 0 Å². The van der Waals surface area contributed by atoms with Gasteiger partial charge < -0.3 is 15.4 Å². The van der Waals surface area contributed by atoms with Crippen LogP contribution in [0.2, 0.25) is 0 Å². The molecule has 3 N–H and O–H groups in total. The highest BCUT2D eigenvalue weighted by Gasteiger charge is 2.36. The van der Waals surface area contributed by atoms with Crippen LogP contribution in [-0.4, -0.2) is 26.6 Å². The quantitative estimate of drug-likeness (QED) is 0.630. The number of ketones is 1. The van der Waals surface area contributed by atoms with Gasteiger partial charge in [0.05, 0.1) is 17.7 Å². The Morgan fingerprint density at radius 3 is 3.00 bits per heavy atom. The molecule has 0 aliphatic carbocycles. The molecule has 0 fully saturated rings. The van der Waals surface area contributed by atoms with Crippen molar-refractivity contribution in [3.63, 3.8) is 0 Å². The predicted octanol–water partition coefficient (Wildman–Crippen LogP) is 0.956. The molecule has 1 unspecified atom stereocenters. The van der Waals surface area contributed by atoms with Crippen molar-refractivity contribution < 1.29 is 9.90 Å². The van der Waals surface area contributed by atoms with E-state index in [9.17, 15) is 9.90 Å². The second kappa shape index (κ2) is 4.39. The second-order valence-corrected chi connectivity index (χ2v) is 5.40. The van der Waals surface area contributed by atoms with Crippen molar-refractivity contribution >= 4 is 17.4 Å². The number of nitrogens with zero attached hydrogens (tertiary/aromatic N) is 2. The van der Waals surface area contributed by atoms with Gasteiger partial charge in [-0.05, 0) is 25.5 Å². The number of nitriles is 1. The van der Waals surface area contributed by atoms with Crippen molar-refractivity contribution in [2.24, 2.45) is 5.73 Å². The highest BCUT2D eigenvalue weighted by atomic mass is 35.5. The van der Waals surface area contributed by atoms with E-state index in [2.05, 4.69) is 6.07 Å². The summed E-state index contributed by atoms with van der Waals surface area (Å²) < 4.78 is 1.78. The number of aliphatic hydroxyl groups is 1. The summed E-state index contributed by atoms with van der Waals surface area (Å²) >= 11 is 5.65. The Bertz CT molecular complexity index is 524. The summed E-state index contributed by atoms with van der Waals surface area (Å²) in [4.78, 5) is 12.1. The molecule has 1 aliphatic heterocycles. The standard InChI is InChI=1S/C12H14ClN3O2/c1-12(13,18)11(15)10(17)9-3-2-8-7(6-14)4-5-16(8)9/h2-3,7,11,18H,4-5,15H2,1H3/t7?,11-,12-/m1/s1. The summed E-state index contributed by atoms with van der Waals surface area (Å²) in [5.41, 5.74) is 6.86. The molecule has 0 spiro atoms. The Morgan fingerprint density at radius 1 is 1.78 bits per heavy atom. The van der Waals surface area contributed by atoms with Crippen LogP contribution in [0.4, 0.5) is 0 Å². The predicted molar refractivity (Wildman–Crippen MR) is 66.2 cm³/mol. The number of carbonyl (C=O) groups excluding carboxylic acids is 1. The van der Waals surface area contributed by atoms with Gasteiger partial charge in [0.2, 0.25) is 0 Å². The molecule has 0 bridgehead atoms. The van der Waals surface area contributed by atoms with Gasteiger partial charge in [0.15, 0.2) is 10.8 Å². The van der Waals surface area contributed by atoms with Crippen LogP contribution in [0.1, 0.15) is 35.4 Å². The Hall–Kier alpha value is -1.35. The Balaban J connectivity index is 2.33. The first kappa shape index (κ1) is 13.1. The fourth-order valence-corrected chi connectivity index (χ4v) is 2.29. The number of carbonyl (C=O) groups is 1. The molecule has 2 heterocycles. The van der Waals surface area contributed by atoms with Gasteiger partial charge in [-0.15, -0.1) is 0 Å². The molecular formula is C12H14ClN3O2. The van der Waals surface area contributed by atoms with Gasteiger partial charge in [0.1, 0.15) is 6.04 Å². The van der Waals surface area contributed by atoms with E-state index in [4.69, 9.17) is 22.6 Å². The fourth-order valence-electron chi connectivity index (χ4n) is 2.19. The molecule has 96 valence electrons. The third-order valence-electron chi connectivity index (χ3n) is 3.27. The summed E-state index contributed by atoms with van der Waals surface area (Å²) in [6, 6.07) is 4.38. The minimum absolute atomic E-state index is 0.181. The molecule has 18 heavy (non-hydrogen) atoms. The molecular weight excluding hydrogens is 254 g/mol. The van der Waals surface area contributed by atoms with Crippen LogP contribution in [0.3, 0.4) is 0 Å². The summed E-state index contributed by atoms with van der Waals surface area (Å²) in [6.07, 6.45) is 0.694. The van der Waals surface area contributed by atoms with Gasteiger partial charge in [0, 0.05) is 12.2 Å². The molecule has 6 heteroatoms. The number of halogens is 1. The number of hydrogen-bond acceptors (Lipinski definition) is 4. The third kappa shape index (κ3) is 2.03. The smallest absolute Gasteiger partial charge is 0.200 e. The van der Waals surface area contributed by atoms with E-state index in [0.717, 1.165) is 5.69 Å². The zero-order valence-corrected chi connectivity index (χ0v) is 10.7. The highest BCUT2D eigenvalue weighted by Crippen LogP contribution is 2.30. The lowest BCUT2D eigenvalue weighted by atomic mass is 10.1. The van der Waals surface area contributed by atoms with Crippen LogP contribution < -0.4 is 5.73 Å². The van der Waals surface area contributed by atoms with Crippen molar-refractivity contribution in [2.75, 3.05) is 0 Å². The largest absolute Gasteiger partial charge is 0.373 e. The Labute approximate surface area is 110 Å². The topological polar surface area (TPSA) is 92.0 Å². The van der Waals surface area contributed by atoms with Crippen molar-refractivity contribution in [3.05, 3.63) is 23.5 Å². The number of hydrogen-bond donors (Lipinski definition) is 2. The number of fused-ring (bicyclic) bond motifs is 1. The lowest BCUT2D eigenvalue weighted by molar-refractivity contribution is 0.0749. The van der Waals surface area contributed by atoms with Crippen LogP contribution in [0.5, 0.6) is 0 Å². The normalized spacial score (nSPS) is 22.9. The van der Waals surface area contributed by atoms with E-state index in [1.807, 2.05) is 0 Å². The molecule has 0 saturated carbocycles. The van der Waals surface area contributed by atoms with Gasteiger partial charge in [-0.2, -0.15) is 5.26 Å². The van der Waals surface area contributed by atoms with Crippen LogP contribution in [0, 0.1) is 11.3 Å². The monoisotopic (exact) mass is 267 g/mol. The number of Topliss-reactive ketones (excluding diaryl/α,β-unsaturated/α-hetero) is 1. The van der Waals surface area contributed by atoms with E-state index in [1.165, 1.54) is 6.92 Å². The van der Waals surface area contributed by atoms with Crippen LogP contribution >= 0.6 is 11.6 Å². The zero-order chi connectivity index (χ0) is 13.5. The van der Waals surface area contributed by atoms with Crippen LogP contribution in [-0.2, 0) is 6.54 Å². The number of alkyl halides is 1. The summed E-state index contributed by atoms with van der Waals surface area (Å²) in [7, 11) is 0. The average molecular weight is 268 g/mol. The van der Waals surface area contributed by atoms with E-state index >= 15 is 0 Å².